The van der Waals surface area contributed by atoms with E-state index in [2.05, 4.69) is 52.6 Å². The number of para-hydroxylation sites is 1. The fourth-order valence-corrected chi connectivity index (χ4v) is 4.91. The maximum Gasteiger partial charge on any atom is 0.337 e. The van der Waals surface area contributed by atoms with Gasteiger partial charge in [-0.2, -0.15) is 0 Å². The summed E-state index contributed by atoms with van der Waals surface area (Å²) in [5.41, 5.74) is 2.95. The summed E-state index contributed by atoms with van der Waals surface area (Å²) < 4.78 is 7.14. The summed E-state index contributed by atoms with van der Waals surface area (Å²) in [7, 11) is 1.41. The lowest BCUT2D eigenvalue weighted by Gasteiger charge is -2.36. The number of carbonyl (C=O) groups excluding carboxylic acids is 1. The van der Waals surface area contributed by atoms with E-state index in [1.54, 1.807) is 0 Å². The van der Waals surface area contributed by atoms with Gasteiger partial charge in [0.25, 0.3) is 0 Å². The third kappa shape index (κ3) is 8.49. The molecule has 2 atom stereocenters. The van der Waals surface area contributed by atoms with Gasteiger partial charge in [0.05, 0.1) is 19.2 Å². The van der Waals surface area contributed by atoms with E-state index in [-0.39, 0.29) is 5.97 Å². The molecule has 0 bridgehead atoms. The first-order valence-corrected chi connectivity index (χ1v) is 12.6. The van der Waals surface area contributed by atoms with E-state index in [1.807, 2.05) is 56.1 Å². The first-order valence-electron chi connectivity index (χ1n) is 11.7. The number of carbonyl (C=O) groups is 1. The molecule has 0 aliphatic carbocycles. The van der Waals surface area contributed by atoms with Crippen molar-refractivity contribution in [3.8, 4) is 0 Å². The van der Waals surface area contributed by atoms with Crippen LogP contribution in [0, 0.1) is 0 Å². The Morgan fingerprint density at radius 3 is 2.28 bits per heavy atom. The molecular formula is C26H39N3O2S. The lowest BCUT2D eigenvalue weighted by molar-refractivity contribution is 0.0600. The Bertz CT molecular complexity index is 775. The molecule has 2 aromatic rings. The van der Waals surface area contributed by atoms with E-state index in [4.69, 9.17) is 4.74 Å². The number of nitrogens with zero attached hydrogens (tertiary/aromatic N) is 2. The number of benzene rings is 2. The van der Waals surface area contributed by atoms with Crippen molar-refractivity contribution in [1.82, 2.24) is 10.2 Å². The summed E-state index contributed by atoms with van der Waals surface area (Å²) in [5.74, 6) is 0.773. The van der Waals surface area contributed by atoms with Crippen LogP contribution >= 0.6 is 11.9 Å². The maximum atomic E-state index is 11.7. The number of methoxy groups -OCH3 is 1. The fraction of sp³-hybridized carbons (Fsp3) is 0.500. The van der Waals surface area contributed by atoms with Crippen molar-refractivity contribution in [3.05, 3.63) is 65.7 Å². The number of esters is 1. The van der Waals surface area contributed by atoms with Crippen molar-refractivity contribution < 1.29 is 9.53 Å². The molecule has 1 fully saturated rings. The van der Waals surface area contributed by atoms with E-state index >= 15 is 0 Å². The van der Waals surface area contributed by atoms with Crippen molar-refractivity contribution in [2.45, 2.75) is 52.7 Å². The lowest BCUT2D eigenvalue weighted by Crippen LogP contribution is -2.54. The highest BCUT2D eigenvalue weighted by molar-refractivity contribution is 8.00. The van der Waals surface area contributed by atoms with Crippen LogP contribution in [0.15, 0.2) is 54.6 Å². The number of nitrogens with one attached hydrogen (secondary N) is 1. The van der Waals surface area contributed by atoms with Gasteiger partial charge in [-0.15, -0.1) is 0 Å². The van der Waals surface area contributed by atoms with Gasteiger partial charge < -0.3 is 19.3 Å². The van der Waals surface area contributed by atoms with Crippen LogP contribution in [-0.4, -0.2) is 55.4 Å². The van der Waals surface area contributed by atoms with Crippen LogP contribution in [0.5, 0.6) is 0 Å². The minimum atomic E-state index is -0.299. The largest absolute Gasteiger partial charge is 0.465 e. The number of hydrogen-bond donors (Lipinski definition) is 1. The number of ether oxygens (including phenoxy) is 1. The number of hydrogen-bond acceptors (Lipinski definition) is 6. The molecule has 0 amide bonds. The predicted molar refractivity (Wildman–Crippen MR) is 137 cm³/mol. The van der Waals surface area contributed by atoms with Crippen molar-refractivity contribution in [2.75, 3.05) is 36.8 Å². The maximum absolute atomic E-state index is 11.7. The van der Waals surface area contributed by atoms with Gasteiger partial charge in [-0.25, -0.2) is 4.79 Å². The lowest BCUT2D eigenvalue weighted by atomic mass is 10.1. The summed E-state index contributed by atoms with van der Waals surface area (Å²) in [6.07, 6.45) is 1.16. The number of rotatable bonds is 9. The summed E-state index contributed by atoms with van der Waals surface area (Å²) in [4.78, 5) is 14.2. The molecule has 1 N–H and O–H groups in total. The highest BCUT2D eigenvalue weighted by atomic mass is 32.2. The van der Waals surface area contributed by atoms with Crippen LogP contribution in [0.2, 0.25) is 0 Å². The second-order valence-electron chi connectivity index (χ2n) is 7.98. The molecular weight excluding hydrogens is 418 g/mol. The molecule has 5 nitrogen and oxygen atoms in total. The van der Waals surface area contributed by atoms with Gasteiger partial charge in [-0.3, -0.25) is 0 Å². The van der Waals surface area contributed by atoms with Crippen LogP contribution < -0.4 is 9.62 Å². The van der Waals surface area contributed by atoms with Crippen molar-refractivity contribution in [1.29, 1.82) is 0 Å². The predicted octanol–water partition coefficient (Wildman–Crippen LogP) is 5.23. The normalized spacial score (nSPS) is 18.4. The summed E-state index contributed by atoms with van der Waals surface area (Å²) >= 11 is 1.87. The zero-order chi connectivity index (χ0) is 23.3. The molecule has 0 aromatic heterocycles. The summed E-state index contributed by atoms with van der Waals surface area (Å²) in [6, 6.07) is 19.3. The zero-order valence-corrected chi connectivity index (χ0v) is 21.0. The van der Waals surface area contributed by atoms with E-state index in [1.165, 1.54) is 18.4 Å². The van der Waals surface area contributed by atoms with Crippen molar-refractivity contribution >= 4 is 23.6 Å². The van der Waals surface area contributed by atoms with E-state index in [9.17, 15) is 4.79 Å². The molecule has 3 rings (SSSR count). The standard InChI is InChI=1S/C24H33N3O2S.C2H6/c1-19-16-26(17-20(2)25-19)14-7-15-30-27(23-8-5-4-6-9-23)18-21-10-12-22(13-11-21)24(28)29-3;1-2/h4-6,8-13,19-20,25H,7,14-18H2,1-3H3;1-2H3. The molecule has 0 radical (unpaired) electrons. The smallest absolute Gasteiger partial charge is 0.337 e. The topological polar surface area (TPSA) is 44.8 Å². The first-order chi connectivity index (χ1) is 15.5. The van der Waals surface area contributed by atoms with Crippen molar-refractivity contribution in [3.63, 3.8) is 0 Å². The molecule has 0 spiro atoms. The molecule has 6 heteroatoms. The highest BCUT2D eigenvalue weighted by Gasteiger charge is 2.20. The Morgan fingerprint density at radius 2 is 1.69 bits per heavy atom. The summed E-state index contributed by atoms with van der Waals surface area (Å²) in [6.45, 7) is 12.7. The number of piperazine rings is 1. The third-order valence-electron chi connectivity index (χ3n) is 5.24. The molecule has 1 aliphatic rings. The van der Waals surface area contributed by atoms with Gasteiger partial charge in [-0.05, 0) is 68.6 Å². The minimum Gasteiger partial charge on any atom is -0.465 e. The van der Waals surface area contributed by atoms with Gasteiger partial charge in [0.1, 0.15) is 0 Å². The van der Waals surface area contributed by atoms with Crippen LogP contribution in [0.25, 0.3) is 0 Å². The SMILES string of the molecule is CC.COC(=O)c1ccc(CN(SCCCN2CC(C)NC(C)C2)c2ccccc2)cc1. The second-order valence-corrected chi connectivity index (χ2v) is 9.08. The average molecular weight is 458 g/mol. The van der Waals surface area contributed by atoms with Gasteiger partial charge >= 0.3 is 5.97 Å². The Hall–Kier alpha value is -2.02. The molecule has 176 valence electrons. The van der Waals surface area contributed by atoms with Crippen LogP contribution in [0.4, 0.5) is 5.69 Å². The highest BCUT2D eigenvalue weighted by Crippen LogP contribution is 2.25. The Kier molecular flexibility index (Phi) is 11.6. The number of anilines is 1. The Balaban J connectivity index is 0.00000176. The Morgan fingerprint density at radius 1 is 1.06 bits per heavy atom. The summed E-state index contributed by atoms with van der Waals surface area (Å²) in [5, 5.41) is 3.60. The monoisotopic (exact) mass is 457 g/mol. The van der Waals surface area contributed by atoms with Gasteiger partial charge in [0.15, 0.2) is 0 Å². The molecule has 1 saturated heterocycles. The van der Waals surface area contributed by atoms with E-state index in [0.29, 0.717) is 17.6 Å². The quantitative estimate of drug-likeness (QED) is 0.316. The molecule has 2 unspecified atom stereocenters. The van der Waals surface area contributed by atoms with E-state index in [0.717, 1.165) is 38.4 Å². The van der Waals surface area contributed by atoms with Gasteiger partial charge in [0, 0.05) is 36.6 Å². The van der Waals surface area contributed by atoms with Gasteiger partial charge in [-0.1, -0.05) is 44.2 Å². The molecule has 0 saturated carbocycles. The molecule has 1 heterocycles. The minimum absolute atomic E-state index is 0.299. The molecule has 1 aliphatic heterocycles. The Labute approximate surface area is 198 Å². The van der Waals surface area contributed by atoms with Crippen LogP contribution in [0.3, 0.4) is 0 Å². The van der Waals surface area contributed by atoms with Gasteiger partial charge in [0.2, 0.25) is 0 Å². The van der Waals surface area contributed by atoms with Crippen LogP contribution in [0.1, 0.15) is 50.0 Å². The third-order valence-corrected chi connectivity index (χ3v) is 6.37. The average Bonchev–Trinajstić information content (AvgIpc) is 2.82. The molecule has 2 aromatic carbocycles. The molecule has 32 heavy (non-hydrogen) atoms. The zero-order valence-electron chi connectivity index (χ0n) is 20.2. The van der Waals surface area contributed by atoms with Crippen molar-refractivity contribution in [2.24, 2.45) is 0 Å². The first kappa shape index (κ1) is 26.2. The second kappa shape index (κ2) is 14.2. The van der Waals surface area contributed by atoms with E-state index < -0.39 is 0 Å². The fourth-order valence-electron chi connectivity index (χ4n) is 3.92. The van der Waals surface area contributed by atoms with Crippen LogP contribution in [-0.2, 0) is 11.3 Å².